The molecule has 0 atom stereocenters. The maximum atomic E-state index is 12.3. The minimum absolute atomic E-state index is 0.221. The molecular weight excluding hydrogens is 368 g/mol. The molecule has 0 aliphatic rings. The molecule has 1 aromatic heterocycles. The molecule has 0 aliphatic carbocycles. The summed E-state index contributed by atoms with van der Waals surface area (Å²) in [5.74, 6) is 1.69. The molecule has 0 bridgehead atoms. The van der Waals surface area contributed by atoms with Crippen molar-refractivity contribution < 1.29 is 14.1 Å². The fourth-order valence-corrected chi connectivity index (χ4v) is 2.45. The minimum atomic E-state index is -0.221. The summed E-state index contributed by atoms with van der Waals surface area (Å²) in [6.07, 6.45) is 0.476. The van der Waals surface area contributed by atoms with E-state index in [1.807, 2.05) is 12.1 Å². The first-order valence-corrected chi connectivity index (χ1v) is 8.67. The average Bonchev–Trinajstić information content (AvgIpc) is 3.16. The zero-order chi connectivity index (χ0) is 19.2. The molecule has 0 saturated heterocycles. The van der Waals surface area contributed by atoms with Gasteiger partial charge in [-0.05, 0) is 48.5 Å². The van der Waals surface area contributed by atoms with Crippen molar-refractivity contribution in [1.29, 1.82) is 0 Å². The van der Waals surface area contributed by atoms with Crippen LogP contribution in [-0.2, 0) is 6.42 Å². The van der Waals surface area contributed by atoms with E-state index in [9.17, 15) is 4.79 Å². The van der Waals surface area contributed by atoms with E-state index in [0.717, 1.165) is 11.3 Å². The summed E-state index contributed by atoms with van der Waals surface area (Å²) in [4.78, 5) is 18.2. The first kappa shape index (κ1) is 18.7. The van der Waals surface area contributed by atoms with Gasteiger partial charge < -0.3 is 19.5 Å². The number of benzene rings is 2. The number of ether oxygens (including phenoxy) is 1. The molecule has 140 valence electrons. The Hall–Kier alpha value is -3.06. The van der Waals surface area contributed by atoms with Crippen LogP contribution in [0.5, 0.6) is 5.75 Å². The van der Waals surface area contributed by atoms with Crippen molar-refractivity contribution in [2.24, 2.45) is 0 Å². The van der Waals surface area contributed by atoms with Gasteiger partial charge in [0.15, 0.2) is 5.82 Å². The van der Waals surface area contributed by atoms with E-state index in [1.165, 1.54) is 0 Å². The predicted octanol–water partition coefficient (Wildman–Crippen LogP) is 4.11. The number of rotatable bonds is 6. The van der Waals surface area contributed by atoms with Crippen LogP contribution >= 0.6 is 11.6 Å². The van der Waals surface area contributed by atoms with Crippen LogP contribution in [0.15, 0.2) is 53.1 Å². The molecule has 0 spiro atoms. The van der Waals surface area contributed by atoms with Gasteiger partial charge in [0, 0.05) is 36.3 Å². The normalized spacial score (nSPS) is 10.5. The van der Waals surface area contributed by atoms with Crippen molar-refractivity contribution in [3.05, 3.63) is 59.4 Å². The molecule has 2 amide bonds. The van der Waals surface area contributed by atoms with Crippen LogP contribution in [0, 0.1) is 0 Å². The quantitative estimate of drug-likeness (QED) is 0.689. The van der Waals surface area contributed by atoms with Crippen LogP contribution in [0.25, 0.3) is 11.5 Å². The van der Waals surface area contributed by atoms with E-state index in [2.05, 4.69) is 15.5 Å². The summed E-state index contributed by atoms with van der Waals surface area (Å²) < 4.78 is 10.4. The molecule has 2 aromatic carbocycles. The van der Waals surface area contributed by atoms with Crippen molar-refractivity contribution in [2.45, 2.75) is 6.42 Å². The van der Waals surface area contributed by atoms with Gasteiger partial charge in [-0.3, -0.25) is 0 Å². The highest BCUT2D eigenvalue weighted by Crippen LogP contribution is 2.20. The van der Waals surface area contributed by atoms with Crippen LogP contribution in [0.4, 0.5) is 10.5 Å². The third-order valence-corrected chi connectivity index (χ3v) is 4.17. The molecule has 3 aromatic rings. The Kier molecular flexibility index (Phi) is 5.93. The molecule has 27 heavy (non-hydrogen) atoms. The molecule has 0 saturated carbocycles. The Balaban J connectivity index is 1.53. The maximum Gasteiger partial charge on any atom is 0.321 e. The lowest BCUT2D eigenvalue weighted by Crippen LogP contribution is -2.33. The first-order chi connectivity index (χ1) is 13.0. The van der Waals surface area contributed by atoms with Crippen molar-refractivity contribution in [2.75, 3.05) is 26.0 Å². The van der Waals surface area contributed by atoms with E-state index in [1.54, 1.807) is 55.5 Å². The summed E-state index contributed by atoms with van der Waals surface area (Å²) in [6, 6.07) is 14.1. The number of anilines is 1. The van der Waals surface area contributed by atoms with Crippen molar-refractivity contribution in [3.8, 4) is 17.2 Å². The number of likely N-dealkylation sites (N-methyl/N-ethyl adjacent to an activating group) is 1. The first-order valence-electron chi connectivity index (χ1n) is 8.30. The second-order valence-corrected chi connectivity index (χ2v) is 6.29. The Labute approximate surface area is 161 Å². The predicted molar refractivity (Wildman–Crippen MR) is 103 cm³/mol. The number of aromatic nitrogens is 2. The summed E-state index contributed by atoms with van der Waals surface area (Å²) in [6.45, 7) is 0.446. The van der Waals surface area contributed by atoms with Gasteiger partial charge in [-0.15, -0.1) is 0 Å². The number of hydrogen-bond acceptors (Lipinski definition) is 5. The zero-order valence-electron chi connectivity index (χ0n) is 15.0. The molecule has 1 heterocycles. The van der Waals surface area contributed by atoms with Gasteiger partial charge in [0.05, 0.1) is 7.11 Å². The number of methoxy groups -OCH3 is 1. The van der Waals surface area contributed by atoms with Gasteiger partial charge in [-0.25, -0.2) is 4.79 Å². The molecule has 1 N–H and O–H groups in total. The molecule has 0 aliphatic heterocycles. The Bertz CT molecular complexity index is 894. The van der Waals surface area contributed by atoms with Gasteiger partial charge in [-0.1, -0.05) is 16.8 Å². The standard InChI is InChI=1S/C19H19ClN4O3/c1-24(19(25)21-15-7-9-16(26-2)10-8-15)12-11-17-22-18(27-23-17)13-3-5-14(20)6-4-13/h3-10H,11-12H2,1-2H3,(H,21,25). The lowest BCUT2D eigenvalue weighted by molar-refractivity contribution is 0.222. The van der Waals surface area contributed by atoms with Crippen LogP contribution in [-0.4, -0.2) is 41.8 Å². The number of nitrogens with one attached hydrogen (secondary N) is 1. The van der Waals surface area contributed by atoms with Crippen LogP contribution in [0.2, 0.25) is 5.02 Å². The fourth-order valence-electron chi connectivity index (χ4n) is 2.33. The monoisotopic (exact) mass is 386 g/mol. The highest BCUT2D eigenvalue weighted by Gasteiger charge is 2.13. The number of halogens is 1. The Morgan fingerprint density at radius 2 is 1.89 bits per heavy atom. The third-order valence-electron chi connectivity index (χ3n) is 3.92. The second kappa shape index (κ2) is 8.55. The maximum absolute atomic E-state index is 12.3. The number of nitrogens with zero attached hydrogens (tertiary/aromatic N) is 3. The Morgan fingerprint density at radius 1 is 1.19 bits per heavy atom. The van der Waals surface area contributed by atoms with E-state index >= 15 is 0 Å². The van der Waals surface area contributed by atoms with E-state index in [0.29, 0.717) is 35.4 Å². The number of hydrogen-bond donors (Lipinski definition) is 1. The lowest BCUT2D eigenvalue weighted by atomic mass is 10.2. The van der Waals surface area contributed by atoms with Crippen molar-refractivity contribution in [3.63, 3.8) is 0 Å². The third kappa shape index (κ3) is 4.98. The molecule has 3 rings (SSSR count). The average molecular weight is 387 g/mol. The molecule has 0 unspecified atom stereocenters. The summed E-state index contributed by atoms with van der Waals surface area (Å²) in [5.41, 5.74) is 1.49. The molecule has 0 fully saturated rings. The van der Waals surface area contributed by atoms with Gasteiger partial charge in [0.25, 0.3) is 5.89 Å². The fraction of sp³-hybridized carbons (Fsp3) is 0.211. The van der Waals surface area contributed by atoms with Gasteiger partial charge in [0.1, 0.15) is 5.75 Å². The summed E-state index contributed by atoms with van der Waals surface area (Å²) in [7, 11) is 3.30. The number of carbonyl (C=O) groups is 1. The molecule has 8 heteroatoms. The number of amides is 2. The zero-order valence-corrected chi connectivity index (χ0v) is 15.7. The summed E-state index contributed by atoms with van der Waals surface area (Å²) >= 11 is 5.88. The van der Waals surface area contributed by atoms with Crippen LogP contribution < -0.4 is 10.1 Å². The molecular formula is C19H19ClN4O3. The largest absolute Gasteiger partial charge is 0.497 e. The van der Waals surface area contributed by atoms with Crippen LogP contribution in [0.3, 0.4) is 0 Å². The van der Waals surface area contributed by atoms with E-state index in [-0.39, 0.29) is 6.03 Å². The van der Waals surface area contributed by atoms with Gasteiger partial charge >= 0.3 is 6.03 Å². The van der Waals surface area contributed by atoms with Gasteiger partial charge in [0.2, 0.25) is 0 Å². The number of carbonyl (C=O) groups excluding carboxylic acids is 1. The summed E-state index contributed by atoms with van der Waals surface area (Å²) in [5, 5.41) is 7.42. The smallest absolute Gasteiger partial charge is 0.321 e. The van der Waals surface area contributed by atoms with E-state index in [4.69, 9.17) is 20.9 Å². The second-order valence-electron chi connectivity index (χ2n) is 5.85. The number of urea groups is 1. The highest BCUT2D eigenvalue weighted by atomic mass is 35.5. The van der Waals surface area contributed by atoms with Crippen molar-refractivity contribution >= 4 is 23.3 Å². The molecule has 0 radical (unpaired) electrons. The SMILES string of the molecule is COc1ccc(NC(=O)N(C)CCc2noc(-c3ccc(Cl)cc3)n2)cc1. The highest BCUT2D eigenvalue weighted by molar-refractivity contribution is 6.30. The lowest BCUT2D eigenvalue weighted by Gasteiger charge is -2.17. The molecule has 7 nitrogen and oxygen atoms in total. The Morgan fingerprint density at radius 3 is 2.56 bits per heavy atom. The topological polar surface area (TPSA) is 80.5 Å². The van der Waals surface area contributed by atoms with E-state index < -0.39 is 0 Å². The van der Waals surface area contributed by atoms with Crippen LogP contribution in [0.1, 0.15) is 5.82 Å². The minimum Gasteiger partial charge on any atom is -0.497 e. The van der Waals surface area contributed by atoms with Gasteiger partial charge in [-0.2, -0.15) is 4.98 Å². The van der Waals surface area contributed by atoms with Crippen molar-refractivity contribution in [1.82, 2.24) is 15.0 Å².